The molecule has 0 unspecified atom stereocenters. The second kappa shape index (κ2) is 4.67. The van der Waals surface area contributed by atoms with Gasteiger partial charge in [-0.05, 0) is 54.5 Å². The second-order valence-corrected chi connectivity index (χ2v) is 6.56. The molecule has 4 heteroatoms. The van der Waals surface area contributed by atoms with Gasteiger partial charge in [0.2, 0.25) is 5.91 Å². The van der Waals surface area contributed by atoms with Gasteiger partial charge in [-0.1, -0.05) is 0 Å². The zero-order valence-electron chi connectivity index (χ0n) is 10.6. The van der Waals surface area contributed by atoms with E-state index in [2.05, 4.69) is 21.7 Å². The zero-order valence-corrected chi connectivity index (χ0v) is 11.4. The number of nitrogens with zero attached hydrogens (tertiary/aromatic N) is 1. The van der Waals surface area contributed by atoms with Crippen molar-refractivity contribution in [2.24, 2.45) is 5.73 Å². The van der Waals surface area contributed by atoms with Gasteiger partial charge in [-0.3, -0.25) is 4.79 Å². The Morgan fingerprint density at radius 2 is 2.28 bits per heavy atom. The van der Waals surface area contributed by atoms with Crippen LogP contribution in [0.15, 0.2) is 16.8 Å². The van der Waals surface area contributed by atoms with Gasteiger partial charge >= 0.3 is 0 Å². The van der Waals surface area contributed by atoms with Crippen LogP contribution in [0.2, 0.25) is 0 Å². The summed E-state index contributed by atoms with van der Waals surface area (Å²) in [6, 6.07) is 2.58. The number of amides is 1. The minimum Gasteiger partial charge on any atom is -0.335 e. The van der Waals surface area contributed by atoms with Crippen molar-refractivity contribution in [3.05, 3.63) is 22.4 Å². The van der Waals surface area contributed by atoms with Crippen LogP contribution >= 0.6 is 11.3 Å². The topological polar surface area (TPSA) is 46.3 Å². The number of carbonyl (C=O) groups is 1. The van der Waals surface area contributed by atoms with E-state index in [0.29, 0.717) is 12.5 Å². The Hall–Kier alpha value is -0.870. The summed E-state index contributed by atoms with van der Waals surface area (Å²) >= 11 is 1.69. The highest BCUT2D eigenvalue weighted by atomic mass is 32.1. The number of rotatable bonds is 5. The summed E-state index contributed by atoms with van der Waals surface area (Å²) in [5, 5.41) is 4.20. The van der Waals surface area contributed by atoms with E-state index in [0.717, 1.165) is 32.2 Å². The average Bonchev–Trinajstić information content (AvgIpc) is 3.01. The van der Waals surface area contributed by atoms with E-state index < -0.39 is 0 Å². The molecule has 3 rings (SSSR count). The van der Waals surface area contributed by atoms with Gasteiger partial charge in [0.05, 0.1) is 0 Å². The van der Waals surface area contributed by atoms with Gasteiger partial charge in [0.15, 0.2) is 0 Å². The zero-order chi connectivity index (χ0) is 12.6. The summed E-state index contributed by atoms with van der Waals surface area (Å²) in [6.45, 7) is 0.767. The number of hydrogen-bond donors (Lipinski definition) is 1. The summed E-state index contributed by atoms with van der Waals surface area (Å²) in [4.78, 5) is 14.5. The molecule has 2 aliphatic carbocycles. The van der Waals surface area contributed by atoms with Crippen molar-refractivity contribution in [1.82, 2.24) is 4.90 Å². The fourth-order valence-corrected chi connectivity index (χ4v) is 3.26. The molecule has 2 saturated carbocycles. The van der Waals surface area contributed by atoms with Gasteiger partial charge in [0.25, 0.3) is 0 Å². The average molecular weight is 264 g/mol. The Morgan fingerprint density at radius 3 is 2.78 bits per heavy atom. The molecular weight excluding hydrogens is 244 g/mol. The minimum atomic E-state index is -0.196. The molecule has 0 radical (unpaired) electrons. The van der Waals surface area contributed by atoms with Crippen LogP contribution < -0.4 is 5.73 Å². The third-order valence-electron chi connectivity index (χ3n) is 4.09. The van der Waals surface area contributed by atoms with Crippen molar-refractivity contribution in [3.8, 4) is 0 Å². The summed E-state index contributed by atoms with van der Waals surface area (Å²) in [7, 11) is 0. The first kappa shape index (κ1) is 12.2. The van der Waals surface area contributed by atoms with E-state index in [9.17, 15) is 4.79 Å². The van der Waals surface area contributed by atoms with Crippen molar-refractivity contribution in [3.63, 3.8) is 0 Å². The van der Waals surface area contributed by atoms with Crippen LogP contribution in [-0.4, -0.2) is 22.4 Å². The van der Waals surface area contributed by atoms with E-state index in [4.69, 9.17) is 5.73 Å². The largest absolute Gasteiger partial charge is 0.335 e. The van der Waals surface area contributed by atoms with E-state index in [-0.39, 0.29) is 11.4 Å². The quantitative estimate of drug-likeness (QED) is 0.888. The van der Waals surface area contributed by atoms with Crippen LogP contribution in [0, 0.1) is 0 Å². The van der Waals surface area contributed by atoms with E-state index in [1.165, 1.54) is 12.0 Å². The first-order valence-corrected chi connectivity index (χ1v) is 7.70. The van der Waals surface area contributed by atoms with E-state index >= 15 is 0 Å². The highest BCUT2D eigenvalue weighted by Gasteiger charge is 2.39. The van der Waals surface area contributed by atoms with E-state index in [1.807, 2.05) is 0 Å². The highest BCUT2D eigenvalue weighted by Crippen LogP contribution is 2.35. The molecule has 0 aromatic carbocycles. The van der Waals surface area contributed by atoms with Crippen molar-refractivity contribution in [2.45, 2.75) is 56.7 Å². The molecule has 0 spiro atoms. The van der Waals surface area contributed by atoms with Crippen LogP contribution in [0.1, 0.15) is 44.1 Å². The lowest BCUT2D eigenvalue weighted by molar-refractivity contribution is -0.134. The summed E-state index contributed by atoms with van der Waals surface area (Å²) in [5.74, 6) is 0.255. The predicted octanol–water partition coefficient (Wildman–Crippen LogP) is 2.51. The molecule has 0 bridgehead atoms. The Morgan fingerprint density at radius 1 is 1.50 bits per heavy atom. The normalized spacial score (nSPS) is 21.4. The number of thiophene rings is 1. The van der Waals surface area contributed by atoms with E-state index in [1.54, 1.807) is 11.3 Å². The summed E-state index contributed by atoms with van der Waals surface area (Å²) in [6.07, 6.45) is 6.05. The molecule has 2 N–H and O–H groups in total. The standard InChI is InChI=1S/C14H20N2OS/c15-14(5-1-6-14)8-13(17)16(12-2-3-12)9-11-4-7-18-10-11/h4,7,10,12H,1-3,5-6,8-9,15H2. The second-order valence-electron chi connectivity index (χ2n) is 5.78. The number of nitrogens with two attached hydrogens (primary N) is 1. The van der Waals surface area contributed by atoms with Gasteiger partial charge in [-0.2, -0.15) is 11.3 Å². The Labute approximate surface area is 112 Å². The predicted molar refractivity (Wildman–Crippen MR) is 73.3 cm³/mol. The van der Waals surface area contributed by atoms with Gasteiger partial charge < -0.3 is 10.6 Å². The Bertz CT molecular complexity index is 421. The van der Waals surface area contributed by atoms with Crippen LogP contribution in [0.25, 0.3) is 0 Å². The summed E-state index contributed by atoms with van der Waals surface area (Å²) in [5.41, 5.74) is 7.24. The molecule has 1 amide bonds. The molecule has 2 fully saturated rings. The van der Waals surface area contributed by atoms with Crippen molar-refractivity contribution >= 4 is 17.2 Å². The molecule has 98 valence electrons. The molecule has 18 heavy (non-hydrogen) atoms. The monoisotopic (exact) mass is 264 g/mol. The lowest BCUT2D eigenvalue weighted by atomic mass is 9.75. The van der Waals surface area contributed by atoms with Gasteiger partial charge in [0, 0.05) is 24.5 Å². The highest BCUT2D eigenvalue weighted by molar-refractivity contribution is 7.07. The molecular formula is C14H20N2OS. The third-order valence-corrected chi connectivity index (χ3v) is 4.83. The molecule has 3 nitrogen and oxygen atoms in total. The van der Waals surface area contributed by atoms with Crippen LogP contribution in [0.3, 0.4) is 0 Å². The Kier molecular flexibility index (Phi) is 3.16. The van der Waals surface area contributed by atoms with Crippen LogP contribution in [0.4, 0.5) is 0 Å². The molecule has 2 aliphatic rings. The first-order valence-electron chi connectivity index (χ1n) is 6.76. The fourth-order valence-electron chi connectivity index (χ4n) is 2.60. The van der Waals surface area contributed by atoms with Gasteiger partial charge in [-0.15, -0.1) is 0 Å². The number of hydrogen-bond acceptors (Lipinski definition) is 3. The fraction of sp³-hybridized carbons (Fsp3) is 0.643. The molecule has 1 heterocycles. The van der Waals surface area contributed by atoms with Gasteiger partial charge in [0.1, 0.15) is 0 Å². The van der Waals surface area contributed by atoms with Gasteiger partial charge in [-0.25, -0.2) is 0 Å². The third kappa shape index (κ3) is 2.59. The van der Waals surface area contributed by atoms with Crippen molar-refractivity contribution in [1.29, 1.82) is 0 Å². The minimum absolute atomic E-state index is 0.196. The Balaban J connectivity index is 1.63. The molecule has 0 atom stereocenters. The molecule has 0 saturated heterocycles. The van der Waals surface area contributed by atoms with Crippen LogP contribution in [-0.2, 0) is 11.3 Å². The lowest BCUT2D eigenvalue weighted by Crippen LogP contribution is -2.50. The summed E-state index contributed by atoms with van der Waals surface area (Å²) < 4.78 is 0. The molecule has 1 aromatic heterocycles. The molecule has 0 aliphatic heterocycles. The van der Waals surface area contributed by atoms with Crippen molar-refractivity contribution in [2.75, 3.05) is 0 Å². The maximum absolute atomic E-state index is 12.4. The smallest absolute Gasteiger partial charge is 0.224 e. The molecule has 1 aromatic rings. The number of carbonyl (C=O) groups excluding carboxylic acids is 1. The lowest BCUT2D eigenvalue weighted by Gasteiger charge is -2.39. The maximum atomic E-state index is 12.4. The SMILES string of the molecule is NC1(CC(=O)N(Cc2ccsc2)C2CC2)CCC1. The first-order chi connectivity index (χ1) is 8.66. The van der Waals surface area contributed by atoms with Crippen molar-refractivity contribution < 1.29 is 4.79 Å². The van der Waals surface area contributed by atoms with Crippen LogP contribution in [0.5, 0.6) is 0 Å². The maximum Gasteiger partial charge on any atom is 0.224 e.